The number of nitrogens with zero attached hydrogens (tertiary/aromatic N) is 2. The van der Waals surface area contributed by atoms with Crippen LogP contribution in [0.15, 0.2) is 60.3 Å². The Labute approximate surface area is 348 Å². The summed E-state index contributed by atoms with van der Waals surface area (Å²) < 4.78 is 37.5. The molecule has 0 radical (unpaired) electrons. The summed E-state index contributed by atoms with van der Waals surface area (Å²) in [7, 11) is 0. The second kappa shape index (κ2) is 23.7. The molecule has 0 aromatic heterocycles. The molecule has 15 heteroatoms. The van der Waals surface area contributed by atoms with Crippen molar-refractivity contribution in [2.75, 3.05) is 65.9 Å². The highest BCUT2D eigenvalue weighted by atomic mass is 16.8. The van der Waals surface area contributed by atoms with Gasteiger partial charge in [0.2, 0.25) is 12.1 Å². The molecule has 7 atom stereocenters. The zero-order chi connectivity index (χ0) is 42.0. The van der Waals surface area contributed by atoms with Gasteiger partial charge in [-0.05, 0) is 87.5 Å². The van der Waals surface area contributed by atoms with Gasteiger partial charge < -0.3 is 53.9 Å². The summed E-state index contributed by atoms with van der Waals surface area (Å²) in [4.78, 5) is 34.8. The molecule has 4 aliphatic rings. The van der Waals surface area contributed by atoms with Crippen molar-refractivity contribution in [1.29, 1.82) is 0 Å². The number of carbonyl (C=O) groups is 2. The van der Waals surface area contributed by atoms with Gasteiger partial charge in [0, 0.05) is 50.6 Å². The normalized spacial score (nSPS) is 26.4. The van der Waals surface area contributed by atoms with Crippen molar-refractivity contribution in [2.45, 2.75) is 102 Å². The van der Waals surface area contributed by atoms with E-state index < -0.39 is 36.2 Å². The Morgan fingerprint density at radius 2 is 1.85 bits per heavy atom. The number of allylic oxidation sites excluding steroid dienone is 1. The molecule has 1 unspecified atom stereocenters. The van der Waals surface area contributed by atoms with Gasteiger partial charge in [0.15, 0.2) is 0 Å². The molecule has 4 N–H and O–H groups in total. The van der Waals surface area contributed by atoms with E-state index in [2.05, 4.69) is 24.6 Å². The predicted molar refractivity (Wildman–Crippen MR) is 220 cm³/mol. The summed E-state index contributed by atoms with van der Waals surface area (Å²) in [5, 5.41) is 36.8. The third-order valence-electron chi connectivity index (χ3n) is 11.5. The molecule has 2 aliphatic heterocycles. The number of hydrogen-bond acceptors (Lipinski definition) is 13. The van der Waals surface area contributed by atoms with Crippen molar-refractivity contribution in [2.24, 2.45) is 22.9 Å². The van der Waals surface area contributed by atoms with Gasteiger partial charge in [0.05, 0.1) is 51.3 Å². The Bertz CT molecular complexity index is 1580. The molecule has 5 rings (SSSR count). The molecular weight excluding hydrogens is 762 g/mol. The van der Waals surface area contributed by atoms with Gasteiger partial charge >= 0.3 is 12.2 Å². The molecule has 0 bridgehead atoms. The lowest BCUT2D eigenvalue weighted by Gasteiger charge is -2.59. The molecule has 1 saturated carbocycles. The molecular formula is C44H65N3O12. The summed E-state index contributed by atoms with van der Waals surface area (Å²) in [6.07, 6.45) is 11.3. The summed E-state index contributed by atoms with van der Waals surface area (Å²) >= 11 is 0. The van der Waals surface area contributed by atoms with E-state index in [1.54, 1.807) is 29.2 Å². The van der Waals surface area contributed by atoms with Gasteiger partial charge in [-0.25, -0.2) is 9.59 Å². The summed E-state index contributed by atoms with van der Waals surface area (Å²) in [5.41, 5.74) is 2.28. The van der Waals surface area contributed by atoms with E-state index >= 15 is 0 Å². The average molecular weight is 828 g/mol. The first kappa shape index (κ1) is 46.1. The van der Waals surface area contributed by atoms with Crippen molar-refractivity contribution in [3.8, 4) is 11.5 Å². The van der Waals surface area contributed by atoms with E-state index in [-0.39, 0.29) is 77.0 Å². The van der Waals surface area contributed by atoms with E-state index in [1.165, 1.54) is 0 Å². The Morgan fingerprint density at radius 1 is 1.03 bits per heavy atom. The van der Waals surface area contributed by atoms with Gasteiger partial charge in [-0.3, -0.25) is 4.90 Å². The summed E-state index contributed by atoms with van der Waals surface area (Å²) in [6.45, 7) is 10.9. The maximum Gasteiger partial charge on any atom is 0.412 e. The highest BCUT2D eigenvalue weighted by molar-refractivity contribution is 6.03. The Morgan fingerprint density at radius 3 is 2.56 bits per heavy atom. The van der Waals surface area contributed by atoms with Crippen molar-refractivity contribution in [3.63, 3.8) is 0 Å². The number of aliphatic hydroxyl groups is 3. The van der Waals surface area contributed by atoms with Gasteiger partial charge in [0.25, 0.3) is 0 Å². The van der Waals surface area contributed by atoms with Crippen molar-refractivity contribution >= 4 is 17.9 Å². The zero-order valence-electron chi connectivity index (χ0n) is 34.6. The highest BCUT2D eigenvalue weighted by Gasteiger charge is 2.65. The number of hydrogen-bond donors (Lipinski definition) is 4. The lowest BCUT2D eigenvalue weighted by atomic mass is 9.55. The van der Waals surface area contributed by atoms with E-state index in [0.717, 1.165) is 49.7 Å². The number of benzene rings is 1. The fourth-order valence-electron chi connectivity index (χ4n) is 8.93. The molecule has 2 heterocycles. The molecule has 1 aromatic rings. The second-order valence-electron chi connectivity index (χ2n) is 15.3. The van der Waals surface area contributed by atoms with Crippen LogP contribution in [0.3, 0.4) is 0 Å². The largest absolute Gasteiger partial charge is 0.459 e. The van der Waals surface area contributed by atoms with Crippen LogP contribution in [0.1, 0.15) is 89.0 Å². The number of oxime groups is 1. The minimum absolute atomic E-state index is 0.00652. The second-order valence-corrected chi connectivity index (χ2v) is 15.3. The van der Waals surface area contributed by atoms with Crippen molar-refractivity contribution in [3.05, 3.63) is 60.7 Å². The number of nitrogens with one attached hydrogen (secondary N) is 1. The minimum atomic E-state index is -1.53. The molecule has 1 aromatic carbocycles. The number of aliphatic hydroxyl groups excluding tert-OH is 3. The van der Waals surface area contributed by atoms with Crippen molar-refractivity contribution < 1.29 is 58.2 Å². The molecule has 2 aliphatic carbocycles. The number of ether oxygens (including phenoxy) is 6. The number of rotatable bonds is 24. The molecule has 15 nitrogen and oxygen atoms in total. The molecule has 2 amide bonds. The average Bonchev–Trinajstić information content (AvgIpc) is 3.24. The van der Waals surface area contributed by atoms with E-state index in [4.69, 9.17) is 38.4 Å². The summed E-state index contributed by atoms with van der Waals surface area (Å²) in [5.74, 6) is -1.62. The van der Waals surface area contributed by atoms with Gasteiger partial charge in [0.1, 0.15) is 17.5 Å². The SMILES string of the molecule is C=CCCOC(=O)N(CCOCCO)[C@H]1CC(=NOC2CCCCO2)C2=C[C@H](CCCCO)[C@@H](CCCCO)[C@@H]3c4cc(OC(=O)NCC)ccc4O[C@@]1(OCC=C)[C@H]23. The Kier molecular flexibility index (Phi) is 18.5. The maximum atomic E-state index is 14.3. The number of unbranched alkanes of at least 4 members (excludes halogenated alkanes) is 2. The quantitative estimate of drug-likeness (QED) is 0.0544. The predicted octanol–water partition coefficient (Wildman–Crippen LogP) is 5.98. The van der Waals surface area contributed by atoms with Crippen molar-refractivity contribution in [1.82, 2.24) is 10.2 Å². The van der Waals surface area contributed by atoms with Crippen LogP contribution < -0.4 is 14.8 Å². The maximum absolute atomic E-state index is 14.3. The molecule has 0 spiro atoms. The van der Waals surface area contributed by atoms with Gasteiger partial charge in [-0.2, -0.15) is 0 Å². The van der Waals surface area contributed by atoms with E-state index in [1.807, 2.05) is 13.0 Å². The highest BCUT2D eigenvalue weighted by Crippen LogP contribution is 2.62. The van der Waals surface area contributed by atoms with Crippen LogP contribution in [0.25, 0.3) is 0 Å². The molecule has 2 fully saturated rings. The fraction of sp³-hybridized carbons (Fsp3) is 0.659. The Hall–Kier alpha value is -3.99. The Balaban J connectivity index is 1.76. The third-order valence-corrected chi connectivity index (χ3v) is 11.5. The number of carbonyl (C=O) groups excluding carboxylic acids is 2. The monoisotopic (exact) mass is 827 g/mol. The number of amides is 2. The smallest absolute Gasteiger partial charge is 0.412 e. The van der Waals surface area contributed by atoms with E-state index in [0.29, 0.717) is 56.0 Å². The standard InChI is InChI=1S/C44H65N3O12/c1-4-7-24-55-43(52)47(19-26-53-27-22-50)38-30-36(46-59-39-16-10-13-25-54-39)34-28-31(14-8-11-20-48)33(15-9-12-21-49)40-35-29-32(57-42(51)45-6-3)17-18-37(35)58-44(38,41(34)40)56-23-5-2/h4-5,17-18,28-29,31,33,38-41,48-50H,1-2,6-16,19-27,30H2,3H3,(H,45,51)/t31-,33+,38-,39?,40+,41+,44+/m0/s1. The number of fused-ring (bicyclic) bond motifs is 2. The van der Waals surface area contributed by atoms with Crippen LogP contribution in [0.5, 0.6) is 11.5 Å². The topological polar surface area (TPSA) is 187 Å². The van der Waals surface area contributed by atoms with Crippen LogP contribution in [-0.4, -0.2) is 122 Å². The molecule has 1 saturated heterocycles. The third kappa shape index (κ3) is 11.6. The van der Waals surface area contributed by atoms with Crippen LogP contribution in [0, 0.1) is 17.8 Å². The molecule has 328 valence electrons. The van der Waals surface area contributed by atoms with Crippen LogP contribution in [0.4, 0.5) is 9.59 Å². The fourth-order valence-corrected chi connectivity index (χ4v) is 8.93. The van der Waals surface area contributed by atoms with Crippen LogP contribution in [-0.2, 0) is 23.8 Å². The minimum Gasteiger partial charge on any atom is -0.459 e. The van der Waals surface area contributed by atoms with E-state index in [9.17, 15) is 24.9 Å². The zero-order valence-corrected chi connectivity index (χ0v) is 34.6. The first-order valence-corrected chi connectivity index (χ1v) is 21.4. The van der Waals surface area contributed by atoms with Gasteiger partial charge in [-0.1, -0.05) is 36.2 Å². The first-order chi connectivity index (χ1) is 28.8. The lowest BCUT2D eigenvalue weighted by Crippen LogP contribution is -2.70. The molecule has 59 heavy (non-hydrogen) atoms. The summed E-state index contributed by atoms with van der Waals surface area (Å²) in [6, 6.07) is 4.47. The van der Waals surface area contributed by atoms with Gasteiger partial charge in [-0.15, -0.1) is 13.2 Å². The lowest BCUT2D eigenvalue weighted by molar-refractivity contribution is -0.256. The first-order valence-electron chi connectivity index (χ1n) is 21.4. The van der Waals surface area contributed by atoms with Crippen LogP contribution in [0.2, 0.25) is 0 Å². The van der Waals surface area contributed by atoms with Crippen LogP contribution >= 0.6 is 0 Å².